The molecule has 1 amide bonds. The molecule has 1 fully saturated rings. The number of aromatic nitrogens is 1. The summed E-state index contributed by atoms with van der Waals surface area (Å²) in [6.07, 6.45) is 3.23. The molecule has 116 valence electrons. The molecule has 0 saturated carbocycles. The second-order valence-electron chi connectivity index (χ2n) is 5.02. The third kappa shape index (κ3) is 5.03. The maximum absolute atomic E-state index is 12.4. The van der Waals surface area contributed by atoms with Gasteiger partial charge in [0, 0.05) is 25.8 Å². The molecule has 1 atom stereocenters. The lowest BCUT2D eigenvalue weighted by Gasteiger charge is -2.32. The summed E-state index contributed by atoms with van der Waals surface area (Å²) in [7, 11) is -3.69. The molecule has 21 heavy (non-hydrogen) atoms. The number of nitrogens with one attached hydrogen (secondary N) is 1. The molecule has 2 heterocycles. The smallest absolute Gasteiger partial charge is 0.274 e. The number of nitrogens with two attached hydrogens (primary N) is 1. The Morgan fingerprint density at radius 3 is 2.90 bits per heavy atom. The number of nitrogens with zero attached hydrogens (tertiary/aromatic N) is 2. The summed E-state index contributed by atoms with van der Waals surface area (Å²) in [6, 6.07) is 3.43. The van der Waals surface area contributed by atoms with Crippen molar-refractivity contribution in [1.82, 2.24) is 14.6 Å². The number of carbonyl (C=O) groups excluding carboxylic acids is 1. The number of hydrogen-bond donors (Lipinski definition) is 2. The SMILES string of the molecule is NS(=O)(=O)NCC1CCCN(C(=O)c2ccc(Br)nc2)C1. The number of halogens is 1. The number of carbonyl (C=O) groups is 1. The van der Waals surface area contributed by atoms with E-state index < -0.39 is 10.2 Å². The average molecular weight is 377 g/mol. The number of piperidine rings is 1. The Kier molecular flexibility index (Phi) is 5.31. The van der Waals surface area contributed by atoms with Crippen molar-refractivity contribution < 1.29 is 13.2 Å². The normalized spacial score (nSPS) is 19.5. The topological polar surface area (TPSA) is 105 Å². The van der Waals surface area contributed by atoms with E-state index in [1.807, 2.05) is 0 Å². The first-order valence-corrected chi connectivity index (χ1v) is 8.87. The third-order valence-electron chi connectivity index (χ3n) is 3.35. The first kappa shape index (κ1) is 16.3. The van der Waals surface area contributed by atoms with Gasteiger partial charge in [-0.1, -0.05) is 0 Å². The molecule has 1 unspecified atom stereocenters. The summed E-state index contributed by atoms with van der Waals surface area (Å²) >= 11 is 3.23. The number of hydrogen-bond acceptors (Lipinski definition) is 4. The van der Waals surface area contributed by atoms with Crippen LogP contribution in [-0.4, -0.2) is 43.8 Å². The van der Waals surface area contributed by atoms with Crippen LogP contribution >= 0.6 is 15.9 Å². The monoisotopic (exact) mass is 376 g/mol. The molecule has 1 saturated heterocycles. The van der Waals surface area contributed by atoms with E-state index in [2.05, 4.69) is 25.6 Å². The maximum Gasteiger partial charge on any atom is 0.274 e. The highest BCUT2D eigenvalue weighted by Crippen LogP contribution is 2.18. The lowest BCUT2D eigenvalue weighted by Crippen LogP contribution is -2.44. The van der Waals surface area contributed by atoms with Crippen LogP contribution in [0.1, 0.15) is 23.2 Å². The van der Waals surface area contributed by atoms with E-state index in [-0.39, 0.29) is 18.4 Å². The molecule has 1 aromatic rings. The van der Waals surface area contributed by atoms with Crippen LogP contribution in [0.4, 0.5) is 0 Å². The van der Waals surface area contributed by atoms with Gasteiger partial charge in [0.25, 0.3) is 16.1 Å². The van der Waals surface area contributed by atoms with Crippen LogP contribution < -0.4 is 9.86 Å². The molecule has 7 nitrogen and oxygen atoms in total. The van der Waals surface area contributed by atoms with Gasteiger partial charge in [0.1, 0.15) is 4.60 Å². The summed E-state index contributed by atoms with van der Waals surface area (Å²) in [4.78, 5) is 18.1. The van der Waals surface area contributed by atoms with Crippen LogP contribution in [0, 0.1) is 5.92 Å². The fraction of sp³-hybridized carbons (Fsp3) is 0.500. The highest BCUT2D eigenvalue weighted by molar-refractivity contribution is 9.10. The van der Waals surface area contributed by atoms with Crippen molar-refractivity contribution in [3.05, 3.63) is 28.5 Å². The Labute approximate surface area is 132 Å². The predicted octanol–water partition coefficient (Wildman–Crippen LogP) is 0.489. The molecule has 0 aromatic carbocycles. The van der Waals surface area contributed by atoms with Crippen molar-refractivity contribution >= 4 is 32.0 Å². The molecule has 0 radical (unpaired) electrons. The Balaban J connectivity index is 1.97. The van der Waals surface area contributed by atoms with Gasteiger partial charge in [-0.3, -0.25) is 4.79 Å². The van der Waals surface area contributed by atoms with Crippen LogP contribution in [0.25, 0.3) is 0 Å². The van der Waals surface area contributed by atoms with Crippen molar-refractivity contribution in [1.29, 1.82) is 0 Å². The fourth-order valence-corrected chi connectivity index (χ4v) is 3.04. The molecule has 1 aliphatic rings. The van der Waals surface area contributed by atoms with Crippen LogP contribution in [0.15, 0.2) is 22.9 Å². The van der Waals surface area contributed by atoms with Crippen LogP contribution in [-0.2, 0) is 10.2 Å². The molecule has 1 aromatic heterocycles. The van der Waals surface area contributed by atoms with Gasteiger partial charge in [-0.05, 0) is 46.8 Å². The van der Waals surface area contributed by atoms with Gasteiger partial charge < -0.3 is 4.90 Å². The quantitative estimate of drug-likeness (QED) is 0.745. The molecular formula is C12H17BrN4O3S. The van der Waals surface area contributed by atoms with Crippen LogP contribution in [0.2, 0.25) is 0 Å². The minimum absolute atomic E-state index is 0.0735. The first-order chi connectivity index (χ1) is 9.85. The van der Waals surface area contributed by atoms with Crippen molar-refractivity contribution in [2.24, 2.45) is 11.1 Å². The number of likely N-dealkylation sites (tertiary alicyclic amines) is 1. The lowest BCUT2D eigenvalue weighted by molar-refractivity contribution is 0.0676. The molecule has 0 aliphatic carbocycles. The molecular weight excluding hydrogens is 360 g/mol. The van der Waals surface area contributed by atoms with E-state index in [1.54, 1.807) is 17.0 Å². The third-order valence-corrected chi connectivity index (χ3v) is 4.39. The molecule has 3 N–H and O–H groups in total. The number of amides is 1. The standard InChI is InChI=1S/C12H17BrN4O3S/c13-11-4-3-10(7-15-11)12(18)17-5-1-2-9(8-17)6-16-21(14,19)20/h3-4,7,9,16H,1-2,5-6,8H2,(H2,14,19,20). The van der Waals surface area contributed by atoms with E-state index in [4.69, 9.17) is 5.14 Å². The number of pyridine rings is 1. The highest BCUT2D eigenvalue weighted by atomic mass is 79.9. The predicted molar refractivity (Wildman–Crippen MR) is 81.7 cm³/mol. The van der Waals surface area contributed by atoms with E-state index in [9.17, 15) is 13.2 Å². The highest BCUT2D eigenvalue weighted by Gasteiger charge is 2.25. The van der Waals surface area contributed by atoms with Gasteiger partial charge in [0.2, 0.25) is 0 Å². The van der Waals surface area contributed by atoms with Gasteiger partial charge in [-0.25, -0.2) is 14.8 Å². The zero-order chi connectivity index (χ0) is 15.5. The first-order valence-electron chi connectivity index (χ1n) is 6.53. The molecule has 9 heteroatoms. The Hall–Kier alpha value is -1.03. The van der Waals surface area contributed by atoms with Gasteiger partial charge in [-0.15, -0.1) is 0 Å². The van der Waals surface area contributed by atoms with Gasteiger partial charge in [-0.2, -0.15) is 8.42 Å². The van der Waals surface area contributed by atoms with Gasteiger partial charge >= 0.3 is 0 Å². The Morgan fingerprint density at radius 2 is 2.29 bits per heavy atom. The lowest BCUT2D eigenvalue weighted by atomic mass is 9.98. The molecule has 0 spiro atoms. The minimum atomic E-state index is -3.69. The largest absolute Gasteiger partial charge is 0.338 e. The summed E-state index contributed by atoms with van der Waals surface area (Å²) in [5.41, 5.74) is 0.526. The zero-order valence-electron chi connectivity index (χ0n) is 11.3. The van der Waals surface area contributed by atoms with Crippen molar-refractivity contribution in [2.45, 2.75) is 12.8 Å². The maximum atomic E-state index is 12.4. The van der Waals surface area contributed by atoms with E-state index in [0.29, 0.717) is 23.3 Å². The summed E-state index contributed by atoms with van der Waals surface area (Å²) in [5, 5.41) is 4.92. The zero-order valence-corrected chi connectivity index (χ0v) is 13.7. The van der Waals surface area contributed by atoms with E-state index >= 15 is 0 Å². The number of rotatable bonds is 4. The van der Waals surface area contributed by atoms with Crippen LogP contribution in [0.3, 0.4) is 0 Å². The van der Waals surface area contributed by atoms with Crippen molar-refractivity contribution in [3.8, 4) is 0 Å². The molecule has 2 rings (SSSR count). The minimum Gasteiger partial charge on any atom is -0.338 e. The average Bonchev–Trinajstić information content (AvgIpc) is 2.45. The summed E-state index contributed by atoms with van der Waals surface area (Å²) in [6.45, 7) is 1.43. The van der Waals surface area contributed by atoms with Crippen molar-refractivity contribution in [3.63, 3.8) is 0 Å². The second-order valence-corrected chi connectivity index (χ2v) is 7.21. The van der Waals surface area contributed by atoms with Crippen molar-refractivity contribution in [2.75, 3.05) is 19.6 Å². The van der Waals surface area contributed by atoms with Crippen LogP contribution in [0.5, 0.6) is 0 Å². The van der Waals surface area contributed by atoms with E-state index in [0.717, 1.165) is 12.8 Å². The summed E-state index contributed by atoms with van der Waals surface area (Å²) in [5.74, 6) is -0.0141. The summed E-state index contributed by atoms with van der Waals surface area (Å²) < 4.78 is 24.8. The Bertz CT molecular complexity index is 605. The van der Waals surface area contributed by atoms with Gasteiger partial charge in [0.15, 0.2) is 0 Å². The second kappa shape index (κ2) is 6.82. The molecule has 1 aliphatic heterocycles. The van der Waals surface area contributed by atoms with E-state index in [1.165, 1.54) is 6.20 Å². The fourth-order valence-electron chi connectivity index (χ4n) is 2.34. The van der Waals surface area contributed by atoms with Gasteiger partial charge in [0.05, 0.1) is 5.56 Å². The molecule has 0 bridgehead atoms. The Morgan fingerprint density at radius 1 is 1.52 bits per heavy atom.